The summed E-state index contributed by atoms with van der Waals surface area (Å²) in [5, 5.41) is 9.97. The van der Waals surface area contributed by atoms with Crippen LogP contribution in [0.4, 0.5) is 0 Å². The lowest BCUT2D eigenvalue weighted by atomic mass is 9.82. The zero-order valence-electron chi connectivity index (χ0n) is 13.6. The summed E-state index contributed by atoms with van der Waals surface area (Å²) in [5.41, 5.74) is 1.59. The Balaban J connectivity index is 2.14. The number of ether oxygens (including phenoxy) is 2. The second kappa shape index (κ2) is 6.56. The van der Waals surface area contributed by atoms with Crippen molar-refractivity contribution in [2.75, 3.05) is 27.3 Å². The molecule has 0 aliphatic carbocycles. The van der Waals surface area contributed by atoms with Gasteiger partial charge < -0.3 is 14.6 Å². The van der Waals surface area contributed by atoms with E-state index in [1.54, 1.807) is 14.2 Å². The maximum Gasteiger partial charge on any atom is 0.200 e. The van der Waals surface area contributed by atoms with E-state index in [4.69, 9.17) is 9.47 Å². The molecule has 4 nitrogen and oxygen atoms in total. The molecule has 21 heavy (non-hydrogen) atoms. The molecule has 1 aromatic rings. The lowest BCUT2D eigenvalue weighted by Crippen LogP contribution is -2.26. The smallest absolute Gasteiger partial charge is 0.200 e. The predicted molar refractivity (Wildman–Crippen MR) is 84.1 cm³/mol. The number of phenols is 1. The number of rotatable bonds is 6. The molecule has 1 fully saturated rings. The minimum Gasteiger partial charge on any atom is -0.502 e. The first-order chi connectivity index (χ1) is 10.1. The number of likely N-dealkylation sites (tertiary alicyclic amines) is 1. The fourth-order valence-corrected chi connectivity index (χ4v) is 3.29. The Morgan fingerprint density at radius 3 is 2.14 bits per heavy atom. The molecule has 1 saturated heterocycles. The highest BCUT2D eigenvalue weighted by atomic mass is 16.5. The Hall–Kier alpha value is -1.42. The summed E-state index contributed by atoms with van der Waals surface area (Å²) < 4.78 is 10.5. The van der Waals surface area contributed by atoms with Crippen LogP contribution < -0.4 is 9.47 Å². The molecule has 0 radical (unpaired) electrons. The Morgan fingerprint density at radius 1 is 1.14 bits per heavy atom. The van der Waals surface area contributed by atoms with Gasteiger partial charge in [0.05, 0.1) is 14.2 Å². The van der Waals surface area contributed by atoms with Gasteiger partial charge in [-0.2, -0.15) is 0 Å². The molecule has 0 spiro atoms. The van der Waals surface area contributed by atoms with Gasteiger partial charge in [0, 0.05) is 13.1 Å². The van der Waals surface area contributed by atoms with E-state index in [0.29, 0.717) is 16.9 Å². The van der Waals surface area contributed by atoms with E-state index in [0.717, 1.165) is 25.2 Å². The minimum absolute atomic E-state index is 0.0710. The van der Waals surface area contributed by atoms with Crippen molar-refractivity contribution in [3.63, 3.8) is 0 Å². The molecule has 118 valence electrons. The Labute approximate surface area is 127 Å². The first-order valence-electron chi connectivity index (χ1n) is 7.73. The third-order valence-electron chi connectivity index (χ3n) is 4.96. The van der Waals surface area contributed by atoms with Crippen LogP contribution in [0.15, 0.2) is 12.1 Å². The van der Waals surface area contributed by atoms with E-state index in [1.165, 1.54) is 19.3 Å². The van der Waals surface area contributed by atoms with Gasteiger partial charge in [-0.3, -0.25) is 4.90 Å². The minimum atomic E-state index is 0.0710. The zero-order chi connectivity index (χ0) is 15.5. The van der Waals surface area contributed by atoms with Gasteiger partial charge >= 0.3 is 0 Å². The van der Waals surface area contributed by atoms with Crippen molar-refractivity contribution in [1.29, 1.82) is 0 Å². The van der Waals surface area contributed by atoms with E-state index in [-0.39, 0.29) is 5.75 Å². The van der Waals surface area contributed by atoms with Crippen LogP contribution in [0.25, 0.3) is 0 Å². The summed E-state index contributed by atoms with van der Waals surface area (Å²) in [6.07, 6.45) is 3.75. The molecule has 0 bridgehead atoms. The number of hydrogen-bond acceptors (Lipinski definition) is 4. The van der Waals surface area contributed by atoms with Crippen molar-refractivity contribution in [3.8, 4) is 17.2 Å². The standard InChI is InChI=1S/C17H27NO3/c1-5-17(6-2)7-8-18(12-17)11-13-9-14(20-3)16(19)15(10-13)21-4/h9-10,19H,5-8,11-12H2,1-4H3. The topological polar surface area (TPSA) is 41.9 Å². The molecule has 0 aromatic heterocycles. The molecule has 1 N–H and O–H groups in total. The number of phenolic OH excluding ortho intramolecular Hbond substituents is 1. The van der Waals surface area contributed by atoms with E-state index in [1.807, 2.05) is 12.1 Å². The van der Waals surface area contributed by atoms with E-state index >= 15 is 0 Å². The monoisotopic (exact) mass is 293 g/mol. The average molecular weight is 293 g/mol. The van der Waals surface area contributed by atoms with Crippen LogP contribution in [0.2, 0.25) is 0 Å². The molecule has 0 saturated carbocycles. The van der Waals surface area contributed by atoms with Crippen LogP contribution in [-0.4, -0.2) is 37.3 Å². The zero-order valence-corrected chi connectivity index (χ0v) is 13.6. The van der Waals surface area contributed by atoms with Gasteiger partial charge in [-0.15, -0.1) is 0 Å². The van der Waals surface area contributed by atoms with Gasteiger partial charge in [0.2, 0.25) is 5.75 Å². The Kier molecular flexibility index (Phi) is 4.99. The summed E-state index contributed by atoms with van der Waals surface area (Å²) in [4.78, 5) is 2.48. The molecule has 1 heterocycles. The van der Waals surface area contributed by atoms with Crippen LogP contribution in [0.1, 0.15) is 38.7 Å². The van der Waals surface area contributed by atoms with Crippen molar-refractivity contribution in [3.05, 3.63) is 17.7 Å². The normalized spacial score (nSPS) is 17.9. The molecule has 1 aromatic carbocycles. The number of benzene rings is 1. The van der Waals surface area contributed by atoms with Gasteiger partial charge in [-0.1, -0.05) is 13.8 Å². The lowest BCUT2D eigenvalue weighted by Gasteiger charge is -2.26. The first kappa shape index (κ1) is 16.0. The van der Waals surface area contributed by atoms with E-state index in [9.17, 15) is 5.11 Å². The number of methoxy groups -OCH3 is 2. The largest absolute Gasteiger partial charge is 0.502 e. The fraction of sp³-hybridized carbons (Fsp3) is 0.647. The molecule has 0 unspecified atom stereocenters. The van der Waals surface area contributed by atoms with E-state index < -0.39 is 0 Å². The molecule has 0 atom stereocenters. The highest BCUT2D eigenvalue weighted by Gasteiger charge is 2.34. The van der Waals surface area contributed by atoms with Gasteiger partial charge in [0.15, 0.2) is 11.5 Å². The van der Waals surface area contributed by atoms with Crippen LogP contribution in [0, 0.1) is 5.41 Å². The van der Waals surface area contributed by atoms with Crippen molar-refractivity contribution in [2.45, 2.75) is 39.7 Å². The van der Waals surface area contributed by atoms with E-state index in [2.05, 4.69) is 18.7 Å². The highest BCUT2D eigenvalue weighted by Crippen LogP contribution is 2.40. The quantitative estimate of drug-likeness (QED) is 0.872. The van der Waals surface area contributed by atoms with Crippen molar-refractivity contribution >= 4 is 0 Å². The molecule has 1 aliphatic rings. The van der Waals surface area contributed by atoms with Crippen LogP contribution in [0.3, 0.4) is 0 Å². The van der Waals surface area contributed by atoms with Gasteiger partial charge in [-0.05, 0) is 48.9 Å². The highest BCUT2D eigenvalue weighted by molar-refractivity contribution is 5.52. The van der Waals surface area contributed by atoms with Crippen molar-refractivity contribution < 1.29 is 14.6 Å². The molecule has 4 heteroatoms. The summed E-state index contributed by atoms with van der Waals surface area (Å²) in [5.74, 6) is 1.02. The fourth-order valence-electron chi connectivity index (χ4n) is 3.29. The predicted octanol–water partition coefficient (Wildman–Crippen LogP) is 3.42. The van der Waals surface area contributed by atoms with Crippen molar-refractivity contribution in [2.24, 2.45) is 5.41 Å². The molecular weight excluding hydrogens is 266 g/mol. The Morgan fingerprint density at radius 2 is 1.71 bits per heavy atom. The molecule has 0 amide bonds. The van der Waals surface area contributed by atoms with Crippen LogP contribution in [-0.2, 0) is 6.54 Å². The van der Waals surface area contributed by atoms with Gasteiger partial charge in [-0.25, -0.2) is 0 Å². The third-order valence-corrected chi connectivity index (χ3v) is 4.96. The molecular formula is C17H27NO3. The van der Waals surface area contributed by atoms with Crippen molar-refractivity contribution in [1.82, 2.24) is 4.90 Å². The van der Waals surface area contributed by atoms with Gasteiger partial charge in [0.1, 0.15) is 0 Å². The number of nitrogens with zero attached hydrogens (tertiary/aromatic N) is 1. The summed E-state index contributed by atoms with van der Waals surface area (Å²) in [7, 11) is 3.13. The summed E-state index contributed by atoms with van der Waals surface area (Å²) in [6, 6.07) is 3.80. The SMILES string of the molecule is CCC1(CC)CCN(Cc2cc(OC)c(O)c(OC)c2)C1. The average Bonchev–Trinajstić information content (AvgIpc) is 2.92. The number of aromatic hydroxyl groups is 1. The maximum absolute atomic E-state index is 9.97. The molecule has 1 aliphatic heterocycles. The molecule has 2 rings (SSSR count). The summed E-state index contributed by atoms with van der Waals surface area (Å²) in [6.45, 7) is 7.73. The maximum atomic E-state index is 9.97. The summed E-state index contributed by atoms with van der Waals surface area (Å²) >= 11 is 0. The number of hydrogen-bond donors (Lipinski definition) is 1. The second-order valence-electron chi connectivity index (χ2n) is 6.02. The van der Waals surface area contributed by atoms with Crippen LogP contribution >= 0.6 is 0 Å². The first-order valence-corrected chi connectivity index (χ1v) is 7.73. The third kappa shape index (κ3) is 3.26. The second-order valence-corrected chi connectivity index (χ2v) is 6.02. The van der Waals surface area contributed by atoms with Crippen LogP contribution in [0.5, 0.6) is 17.2 Å². The Bertz CT molecular complexity index is 458. The van der Waals surface area contributed by atoms with Gasteiger partial charge in [0.25, 0.3) is 0 Å². The lowest BCUT2D eigenvalue weighted by molar-refractivity contribution is 0.235.